The SMILES string of the molecule is Cc1nc(CCN)oc1-c1ccc(F)cc1. The average molecular weight is 220 g/mol. The van der Waals surface area contributed by atoms with Gasteiger partial charge < -0.3 is 10.2 Å². The first-order chi connectivity index (χ1) is 7.70. The summed E-state index contributed by atoms with van der Waals surface area (Å²) in [6, 6.07) is 6.16. The van der Waals surface area contributed by atoms with Crippen molar-refractivity contribution in [2.45, 2.75) is 13.3 Å². The molecule has 0 aliphatic carbocycles. The predicted octanol–water partition coefficient (Wildman–Crippen LogP) is 2.29. The van der Waals surface area contributed by atoms with E-state index in [0.717, 1.165) is 11.3 Å². The molecule has 1 heterocycles. The van der Waals surface area contributed by atoms with Crippen molar-refractivity contribution in [3.05, 3.63) is 41.7 Å². The molecule has 4 heteroatoms. The zero-order valence-electron chi connectivity index (χ0n) is 9.03. The molecule has 0 amide bonds. The van der Waals surface area contributed by atoms with Crippen LogP contribution in [0.1, 0.15) is 11.6 Å². The molecular weight excluding hydrogens is 207 g/mol. The van der Waals surface area contributed by atoms with E-state index in [9.17, 15) is 4.39 Å². The highest BCUT2D eigenvalue weighted by Gasteiger charge is 2.10. The Hall–Kier alpha value is -1.68. The standard InChI is InChI=1S/C12H13FN2O/c1-8-12(16-11(15-8)6-7-14)9-2-4-10(13)5-3-9/h2-5H,6-7,14H2,1H3. The van der Waals surface area contributed by atoms with Gasteiger partial charge in [0.25, 0.3) is 0 Å². The van der Waals surface area contributed by atoms with Crippen LogP contribution in [0.2, 0.25) is 0 Å². The first-order valence-electron chi connectivity index (χ1n) is 5.13. The van der Waals surface area contributed by atoms with Crippen LogP contribution in [-0.2, 0) is 6.42 Å². The Bertz CT molecular complexity index is 476. The van der Waals surface area contributed by atoms with E-state index in [1.807, 2.05) is 6.92 Å². The molecule has 0 unspecified atom stereocenters. The molecule has 0 aliphatic rings. The number of halogens is 1. The van der Waals surface area contributed by atoms with Crippen molar-refractivity contribution in [1.82, 2.24) is 4.98 Å². The van der Waals surface area contributed by atoms with Crippen molar-refractivity contribution in [3.8, 4) is 11.3 Å². The van der Waals surface area contributed by atoms with Crippen LogP contribution in [-0.4, -0.2) is 11.5 Å². The molecule has 0 bridgehead atoms. The summed E-state index contributed by atoms with van der Waals surface area (Å²) in [4.78, 5) is 4.26. The fraction of sp³-hybridized carbons (Fsp3) is 0.250. The highest BCUT2D eigenvalue weighted by molar-refractivity contribution is 5.59. The number of nitrogens with zero attached hydrogens (tertiary/aromatic N) is 1. The summed E-state index contributed by atoms with van der Waals surface area (Å²) in [5.74, 6) is 1.05. The minimum Gasteiger partial charge on any atom is -0.440 e. The fourth-order valence-electron chi connectivity index (χ4n) is 1.55. The van der Waals surface area contributed by atoms with E-state index >= 15 is 0 Å². The largest absolute Gasteiger partial charge is 0.440 e. The van der Waals surface area contributed by atoms with E-state index in [1.54, 1.807) is 12.1 Å². The van der Waals surface area contributed by atoms with Gasteiger partial charge in [0.05, 0.1) is 5.69 Å². The van der Waals surface area contributed by atoms with Crippen LogP contribution < -0.4 is 5.73 Å². The number of aromatic nitrogens is 1. The van der Waals surface area contributed by atoms with Crippen LogP contribution in [0.5, 0.6) is 0 Å². The van der Waals surface area contributed by atoms with Gasteiger partial charge >= 0.3 is 0 Å². The lowest BCUT2D eigenvalue weighted by Crippen LogP contribution is -2.02. The number of nitrogens with two attached hydrogens (primary N) is 1. The molecule has 0 radical (unpaired) electrons. The van der Waals surface area contributed by atoms with Gasteiger partial charge in [-0.1, -0.05) is 0 Å². The Morgan fingerprint density at radius 3 is 2.62 bits per heavy atom. The number of hydrogen-bond acceptors (Lipinski definition) is 3. The Morgan fingerprint density at radius 2 is 2.00 bits per heavy atom. The van der Waals surface area contributed by atoms with E-state index < -0.39 is 0 Å². The first kappa shape index (κ1) is 10.8. The normalized spacial score (nSPS) is 10.7. The van der Waals surface area contributed by atoms with Crippen LogP contribution >= 0.6 is 0 Å². The molecule has 2 aromatic rings. The van der Waals surface area contributed by atoms with Crippen molar-refractivity contribution in [2.75, 3.05) is 6.54 Å². The van der Waals surface area contributed by atoms with E-state index in [4.69, 9.17) is 10.2 Å². The second-order valence-corrected chi connectivity index (χ2v) is 3.57. The minimum absolute atomic E-state index is 0.261. The molecule has 0 saturated heterocycles. The first-order valence-corrected chi connectivity index (χ1v) is 5.13. The third kappa shape index (κ3) is 2.12. The highest BCUT2D eigenvalue weighted by atomic mass is 19.1. The molecule has 0 atom stereocenters. The molecule has 1 aromatic carbocycles. The second kappa shape index (κ2) is 4.45. The lowest BCUT2D eigenvalue weighted by Gasteiger charge is -1.97. The Labute approximate surface area is 93.1 Å². The lowest BCUT2D eigenvalue weighted by molar-refractivity contribution is 0.507. The second-order valence-electron chi connectivity index (χ2n) is 3.57. The average Bonchev–Trinajstić information content (AvgIpc) is 2.61. The monoisotopic (exact) mass is 220 g/mol. The van der Waals surface area contributed by atoms with Crippen LogP contribution in [0, 0.1) is 12.7 Å². The van der Waals surface area contributed by atoms with Crippen LogP contribution in [0.15, 0.2) is 28.7 Å². The molecule has 3 nitrogen and oxygen atoms in total. The smallest absolute Gasteiger partial charge is 0.196 e. The maximum Gasteiger partial charge on any atom is 0.196 e. The summed E-state index contributed by atoms with van der Waals surface area (Å²) in [6.07, 6.45) is 0.613. The van der Waals surface area contributed by atoms with Gasteiger partial charge in [0, 0.05) is 18.5 Å². The number of oxazole rings is 1. The molecule has 1 aromatic heterocycles. The van der Waals surface area contributed by atoms with E-state index in [0.29, 0.717) is 24.6 Å². The zero-order chi connectivity index (χ0) is 11.5. The Kier molecular flexibility index (Phi) is 3.01. The molecule has 0 aliphatic heterocycles. The Balaban J connectivity index is 2.36. The van der Waals surface area contributed by atoms with Gasteiger partial charge in [-0.3, -0.25) is 0 Å². The number of hydrogen-bond donors (Lipinski definition) is 1. The maximum atomic E-state index is 12.8. The molecule has 2 rings (SSSR count). The van der Waals surface area contributed by atoms with Gasteiger partial charge in [0.15, 0.2) is 11.7 Å². The molecule has 0 saturated carbocycles. The fourth-order valence-corrected chi connectivity index (χ4v) is 1.55. The molecule has 0 fully saturated rings. The Morgan fingerprint density at radius 1 is 1.31 bits per heavy atom. The highest BCUT2D eigenvalue weighted by Crippen LogP contribution is 2.24. The summed E-state index contributed by atoms with van der Waals surface area (Å²) in [5, 5.41) is 0. The summed E-state index contributed by atoms with van der Waals surface area (Å²) in [5.41, 5.74) is 7.06. The lowest BCUT2D eigenvalue weighted by atomic mass is 10.1. The maximum absolute atomic E-state index is 12.8. The van der Waals surface area contributed by atoms with E-state index in [2.05, 4.69) is 4.98 Å². The summed E-state index contributed by atoms with van der Waals surface area (Å²) < 4.78 is 18.3. The van der Waals surface area contributed by atoms with E-state index in [-0.39, 0.29) is 5.82 Å². The van der Waals surface area contributed by atoms with Crippen LogP contribution in [0.3, 0.4) is 0 Å². The molecule has 16 heavy (non-hydrogen) atoms. The summed E-state index contributed by atoms with van der Waals surface area (Å²) >= 11 is 0. The van der Waals surface area contributed by atoms with Crippen LogP contribution in [0.4, 0.5) is 4.39 Å². The quantitative estimate of drug-likeness (QED) is 0.863. The topological polar surface area (TPSA) is 52.0 Å². The van der Waals surface area contributed by atoms with Gasteiger partial charge in [-0.15, -0.1) is 0 Å². The van der Waals surface area contributed by atoms with Gasteiger partial charge in [-0.05, 0) is 31.2 Å². The van der Waals surface area contributed by atoms with E-state index in [1.165, 1.54) is 12.1 Å². The van der Waals surface area contributed by atoms with Crippen molar-refractivity contribution >= 4 is 0 Å². The number of rotatable bonds is 3. The number of benzene rings is 1. The minimum atomic E-state index is -0.261. The predicted molar refractivity (Wildman–Crippen MR) is 59.4 cm³/mol. The molecule has 84 valence electrons. The third-order valence-electron chi connectivity index (χ3n) is 2.31. The molecular formula is C12H13FN2O. The van der Waals surface area contributed by atoms with Gasteiger partial charge in [0.1, 0.15) is 5.82 Å². The number of aryl methyl sites for hydroxylation is 1. The van der Waals surface area contributed by atoms with Crippen molar-refractivity contribution in [1.29, 1.82) is 0 Å². The third-order valence-corrected chi connectivity index (χ3v) is 2.31. The van der Waals surface area contributed by atoms with Gasteiger partial charge in [0.2, 0.25) is 0 Å². The van der Waals surface area contributed by atoms with Crippen molar-refractivity contribution in [2.24, 2.45) is 5.73 Å². The summed E-state index contributed by atoms with van der Waals surface area (Å²) in [7, 11) is 0. The zero-order valence-corrected chi connectivity index (χ0v) is 9.03. The summed E-state index contributed by atoms with van der Waals surface area (Å²) in [6.45, 7) is 2.37. The van der Waals surface area contributed by atoms with Crippen LogP contribution in [0.25, 0.3) is 11.3 Å². The molecule has 0 spiro atoms. The van der Waals surface area contributed by atoms with Crippen molar-refractivity contribution in [3.63, 3.8) is 0 Å². The molecule has 2 N–H and O–H groups in total. The van der Waals surface area contributed by atoms with Gasteiger partial charge in [-0.2, -0.15) is 0 Å². The van der Waals surface area contributed by atoms with Crippen molar-refractivity contribution < 1.29 is 8.81 Å². The van der Waals surface area contributed by atoms with Gasteiger partial charge in [-0.25, -0.2) is 9.37 Å².